The monoisotopic (exact) mass is 961 g/mol. The third-order valence-corrected chi connectivity index (χ3v) is 25.0. The van der Waals surface area contributed by atoms with Crippen molar-refractivity contribution >= 4 is 26.4 Å². The van der Waals surface area contributed by atoms with Crippen LogP contribution in [0.15, 0.2) is 90.3 Å². The molecule has 3 radical (unpaired) electrons. The van der Waals surface area contributed by atoms with Crippen LogP contribution in [0.5, 0.6) is 0 Å². The van der Waals surface area contributed by atoms with Crippen LogP contribution in [-0.4, -0.2) is 40.1 Å². The summed E-state index contributed by atoms with van der Waals surface area (Å²) in [7, 11) is -3.90. The molecule has 1 aromatic heterocycles. The molecule has 1 aromatic rings. The van der Waals surface area contributed by atoms with Crippen LogP contribution in [-0.2, 0) is 18.5 Å². The van der Waals surface area contributed by atoms with E-state index in [0.717, 1.165) is 114 Å². The number of rotatable bonds is 45. The molecule has 0 spiro atoms. The van der Waals surface area contributed by atoms with Crippen LogP contribution < -0.4 is 17.1 Å². The number of hydrogen-bond donors (Lipinski definition) is 0. The highest BCUT2D eigenvalue weighted by Crippen LogP contribution is 2.33. The first-order valence-electron chi connectivity index (χ1n) is 27.0. The minimum Gasteiger partial charge on any atom is -0.248 e. The largest absolute Gasteiger partial charge is 0.335 e. The molecule has 0 aliphatic rings. The number of allylic oxidation sites excluding steroid dienone is 6. The third kappa shape index (κ3) is 24.2. The first kappa shape index (κ1) is 61.5. The Morgan fingerprint density at radius 3 is 0.864 bits per heavy atom. The Morgan fingerprint density at radius 1 is 0.394 bits per heavy atom. The van der Waals surface area contributed by atoms with Gasteiger partial charge in [0.15, 0.2) is 0 Å². The second kappa shape index (κ2) is 38.4. The third-order valence-electron chi connectivity index (χ3n) is 14.2. The summed E-state index contributed by atoms with van der Waals surface area (Å²) in [6, 6.07) is 3.11. The molecule has 0 N–H and O–H groups in total. The summed E-state index contributed by atoms with van der Waals surface area (Å²) in [5, 5.41) is 0. The Morgan fingerprint density at radius 2 is 0.652 bits per heavy atom. The Bertz CT molecular complexity index is 1440. The van der Waals surface area contributed by atoms with E-state index in [4.69, 9.17) is 0 Å². The van der Waals surface area contributed by atoms with Gasteiger partial charge in [0.2, 0.25) is 0 Å². The summed E-state index contributed by atoms with van der Waals surface area (Å²) >= 11 is 0. The van der Waals surface area contributed by atoms with Gasteiger partial charge in [-0.25, -0.2) is 28.1 Å². The number of aromatic nitrogens is 3. The molecule has 1 heterocycles. The van der Waals surface area contributed by atoms with Gasteiger partial charge in [0.05, 0.1) is 26.4 Å². The first-order chi connectivity index (χ1) is 31.9. The van der Waals surface area contributed by atoms with Gasteiger partial charge in [0.1, 0.15) is 0 Å². The maximum absolute atomic E-state index is 15.4. The fraction of sp³-hybridized carbons (Fsp3) is 0.737. The highest BCUT2D eigenvalue weighted by Gasteiger charge is 2.33. The summed E-state index contributed by atoms with van der Waals surface area (Å²) in [6.45, 7) is 38.6. The van der Waals surface area contributed by atoms with E-state index >= 15 is 14.4 Å². The second-order valence-electron chi connectivity index (χ2n) is 20.3. The lowest BCUT2D eigenvalue weighted by Crippen LogP contribution is -2.58. The highest BCUT2D eigenvalue weighted by atomic mass is 28.3. The van der Waals surface area contributed by atoms with Crippen molar-refractivity contribution in [2.24, 2.45) is 17.8 Å². The van der Waals surface area contributed by atoms with E-state index < -0.39 is 26.4 Å². The van der Waals surface area contributed by atoms with Gasteiger partial charge in [0, 0.05) is 18.5 Å². The van der Waals surface area contributed by atoms with E-state index in [1.165, 1.54) is 57.8 Å². The van der Waals surface area contributed by atoms with Crippen molar-refractivity contribution in [1.29, 1.82) is 0 Å². The average Bonchev–Trinajstić information content (AvgIpc) is 3.29. The van der Waals surface area contributed by atoms with Crippen molar-refractivity contribution in [3.63, 3.8) is 0 Å². The Kier molecular flexibility index (Phi) is 35.8. The maximum atomic E-state index is 15.4. The minimum absolute atomic E-state index is 0.370. The van der Waals surface area contributed by atoms with E-state index in [2.05, 4.69) is 99.2 Å². The van der Waals surface area contributed by atoms with Gasteiger partial charge >= 0.3 is 17.1 Å². The van der Waals surface area contributed by atoms with Crippen molar-refractivity contribution in [2.75, 3.05) is 0 Å². The molecule has 6 unspecified atom stereocenters. The van der Waals surface area contributed by atoms with Gasteiger partial charge in [0.25, 0.3) is 0 Å². The molecule has 1 rings (SSSR count). The predicted octanol–water partition coefficient (Wildman–Crippen LogP) is 15.8. The van der Waals surface area contributed by atoms with Gasteiger partial charge < -0.3 is 0 Å². The molecule has 0 aliphatic carbocycles. The van der Waals surface area contributed by atoms with Crippen molar-refractivity contribution in [3.05, 3.63) is 107 Å². The summed E-state index contributed by atoms with van der Waals surface area (Å²) in [6.07, 6.45) is 39.5. The first-order valence-corrected chi connectivity index (χ1v) is 33.0. The fourth-order valence-electron chi connectivity index (χ4n) is 10.3. The quantitative estimate of drug-likeness (QED) is 0.0372. The second-order valence-corrected chi connectivity index (χ2v) is 28.9. The highest BCUT2D eigenvalue weighted by molar-refractivity contribution is 6.60. The van der Waals surface area contributed by atoms with Crippen molar-refractivity contribution in [2.45, 2.75) is 249 Å². The zero-order valence-corrected chi connectivity index (χ0v) is 47.0. The van der Waals surface area contributed by atoms with E-state index in [1.54, 1.807) is 13.7 Å². The molecule has 66 heavy (non-hydrogen) atoms. The zero-order valence-electron chi connectivity index (χ0n) is 44.0. The molecule has 0 aromatic carbocycles. The Balaban J connectivity index is 4.33. The van der Waals surface area contributed by atoms with Crippen LogP contribution in [0.1, 0.15) is 196 Å². The topological polar surface area (TPSA) is 66.0 Å². The molecule has 0 bridgehead atoms. The van der Waals surface area contributed by atoms with Crippen molar-refractivity contribution in [3.8, 4) is 0 Å². The summed E-state index contributed by atoms with van der Waals surface area (Å²) < 4.78 is 4.81. The molecule has 6 nitrogen and oxygen atoms in total. The van der Waals surface area contributed by atoms with Crippen LogP contribution in [0.4, 0.5) is 0 Å². The van der Waals surface area contributed by atoms with Crippen molar-refractivity contribution < 1.29 is 0 Å². The van der Waals surface area contributed by atoms with Crippen molar-refractivity contribution in [1.82, 2.24) is 13.7 Å². The lowest BCUT2D eigenvalue weighted by molar-refractivity contribution is 0.491. The van der Waals surface area contributed by atoms with Crippen LogP contribution in [0.3, 0.4) is 0 Å². The maximum Gasteiger partial charge on any atom is 0.335 e. The van der Waals surface area contributed by atoms with Gasteiger partial charge in [-0.05, 0) is 92.2 Å². The van der Waals surface area contributed by atoms with Gasteiger partial charge in [-0.3, -0.25) is 0 Å². The van der Waals surface area contributed by atoms with E-state index in [9.17, 15) is 0 Å². The predicted molar refractivity (Wildman–Crippen MR) is 299 cm³/mol. The van der Waals surface area contributed by atoms with Crippen LogP contribution in [0.25, 0.3) is 0 Å². The number of unbranched alkanes of at least 4 members (excludes halogenated alkanes) is 9. The summed E-state index contributed by atoms with van der Waals surface area (Å²) in [5.74, 6) is 1.50. The SMILES string of the molecule is C=CCCCC(CC=C)[Si](CC(C)CCCCC)Cn1c(=O)n(C[Si](CC(C)CCCCC)C(CC=C)CCCC=C)c(=O)n(C[Si](CC(C)CCCCC)C(CC=C)CCCC=C)c1=O. The molecule has 9 heteroatoms. The normalized spacial score (nSPS) is 14.5. The molecular formula is C57H102N3O3Si3. The van der Waals surface area contributed by atoms with Crippen LogP contribution in [0, 0.1) is 17.8 Å². The van der Waals surface area contributed by atoms with Gasteiger partial charge in [-0.2, -0.15) is 0 Å². The molecular weight excluding hydrogens is 859 g/mol. The van der Waals surface area contributed by atoms with Gasteiger partial charge in [-0.15, -0.1) is 39.5 Å². The lowest BCUT2D eigenvalue weighted by Gasteiger charge is -2.31. The molecule has 6 atom stereocenters. The minimum atomic E-state index is -1.30. The van der Waals surface area contributed by atoms with Crippen LogP contribution in [0.2, 0.25) is 34.8 Å². The molecule has 0 amide bonds. The fourth-order valence-corrected chi connectivity index (χ4v) is 21.1. The summed E-state index contributed by atoms with van der Waals surface area (Å²) in [5.41, 5.74) is 0.00777. The molecule has 375 valence electrons. The lowest BCUT2D eigenvalue weighted by atomic mass is 10.1. The standard InChI is InChI=1S/C57H102N3O3Si3/c1-13-22-28-37-49(10)43-64(52(34-19-7)40-31-25-16-4)46-58-55(61)59(47-65(44-50(11)38-29-23-14-2)53(35-20-8)41-32-26-17-5)57(63)60(56(58)62)48-66(45-51(12)39-30-24-15-3)54(36-21-9)42-33-27-18-6/h16-21,49-54H,4-9,13-15,22-48H2,1-3,10-12H3. The number of hydrogen-bond acceptors (Lipinski definition) is 3. The Hall–Kier alpha value is -2.50. The summed E-state index contributed by atoms with van der Waals surface area (Å²) in [4.78, 5) is 46.2. The zero-order chi connectivity index (χ0) is 49.1. The Labute approximate surface area is 412 Å². The van der Waals surface area contributed by atoms with E-state index in [1.807, 2.05) is 18.2 Å². The van der Waals surface area contributed by atoms with E-state index in [-0.39, 0.29) is 17.1 Å². The average molecular weight is 962 g/mol. The molecule has 0 saturated carbocycles. The molecule has 0 saturated heterocycles. The smallest absolute Gasteiger partial charge is 0.248 e. The molecule has 0 fully saturated rings. The molecule has 0 aliphatic heterocycles. The van der Waals surface area contributed by atoms with E-state index in [0.29, 0.717) is 52.9 Å². The number of nitrogens with zero attached hydrogens (tertiary/aromatic N) is 3. The van der Waals surface area contributed by atoms with Gasteiger partial charge in [-0.1, -0.05) is 192 Å². The van der Waals surface area contributed by atoms with Crippen LogP contribution >= 0.6 is 0 Å².